The maximum Gasteiger partial charge on any atom is 0.232 e. The number of carbonyl (C=O) groups excluding carboxylic acids is 1. The number of aromatic amines is 1. The van der Waals surface area contributed by atoms with Crippen LogP contribution in [0.25, 0.3) is 11.0 Å². The summed E-state index contributed by atoms with van der Waals surface area (Å²) in [6.45, 7) is 3.28. The lowest BCUT2D eigenvalue weighted by atomic mass is 10.0. The van der Waals surface area contributed by atoms with Crippen molar-refractivity contribution in [3.63, 3.8) is 0 Å². The molecule has 2 heterocycles. The molecule has 10 heteroatoms. The molecule has 7 nitrogen and oxygen atoms in total. The van der Waals surface area contributed by atoms with Gasteiger partial charge in [-0.3, -0.25) is 9.52 Å². The third-order valence-electron chi connectivity index (χ3n) is 3.96. The number of rotatable bonds is 6. The minimum atomic E-state index is -3.81. The average Bonchev–Trinajstić information content (AvgIpc) is 3.03. The van der Waals surface area contributed by atoms with Crippen LogP contribution in [0.4, 0.5) is 14.5 Å². The zero-order valence-electron chi connectivity index (χ0n) is 14.5. The Morgan fingerprint density at radius 2 is 2.00 bits per heavy atom. The van der Waals surface area contributed by atoms with Crippen molar-refractivity contribution in [3.05, 3.63) is 53.1 Å². The van der Waals surface area contributed by atoms with E-state index in [4.69, 9.17) is 0 Å². The summed E-state index contributed by atoms with van der Waals surface area (Å²) in [6.07, 6.45) is 2.91. The van der Waals surface area contributed by atoms with Crippen molar-refractivity contribution in [1.82, 2.24) is 15.0 Å². The molecule has 0 aliphatic carbocycles. The van der Waals surface area contributed by atoms with Gasteiger partial charge < -0.3 is 4.98 Å². The molecule has 0 radical (unpaired) electrons. The van der Waals surface area contributed by atoms with Crippen molar-refractivity contribution in [3.8, 4) is 0 Å². The summed E-state index contributed by atoms with van der Waals surface area (Å²) in [6, 6.07) is 1.79. The Morgan fingerprint density at radius 1 is 1.26 bits per heavy atom. The first kappa shape index (κ1) is 18.9. The zero-order valence-corrected chi connectivity index (χ0v) is 15.3. The third-order valence-corrected chi connectivity index (χ3v) is 5.44. The predicted molar refractivity (Wildman–Crippen MR) is 96.1 cm³/mol. The van der Waals surface area contributed by atoms with Crippen LogP contribution in [0.2, 0.25) is 0 Å². The fourth-order valence-electron chi connectivity index (χ4n) is 2.76. The Balaban J connectivity index is 2.11. The van der Waals surface area contributed by atoms with Crippen molar-refractivity contribution in [1.29, 1.82) is 0 Å². The summed E-state index contributed by atoms with van der Waals surface area (Å²) in [7, 11) is -3.81. The number of H-pyrrole nitrogens is 1. The number of ketones is 1. The first-order valence-corrected chi connectivity index (χ1v) is 9.72. The number of hydrogen-bond acceptors (Lipinski definition) is 5. The van der Waals surface area contributed by atoms with Crippen LogP contribution in [0.3, 0.4) is 0 Å². The summed E-state index contributed by atoms with van der Waals surface area (Å²) in [4.78, 5) is 23.5. The molecule has 0 bridgehead atoms. The molecule has 0 saturated carbocycles. The lowest BCUT2D eigenvalue weighted by molar-refractivity contribution is 0.103. The van der Waals surface area contributed by atoms with Gasteiger partial charge in [0.05, 0.1) is 33.6 Å². The van der Waals surface area contributed by atoms with E-state index in [1.165, 1.54) is 12.5 Å². The van der Waals surface area contributed by atoms with Gasteiger partial charge in [-0.15, -0.1) is 0 Å². The molecular formula is C17H16F2N4O3S. The van der Waals surface area contributed by atoms with E-state index in [9.17, 15) is 22.0 Å². The SMILES string of the molecule is CCCS(=O)(=O)Nc1ccc(F)c(C(=O)c2c[nH]c3ncnc(C)c23)c1F. The first-order valence-electron chi connectivity index (χ1n) is 8.07. The number of anilines is 1. The average molecular weight is 394 g/mol. The van der Waals surface area contributed by atoms with Crippen LogP contribution < -0.4 is 4.72 Å². The molecule has 2 aromatic heterocycles. The predicted octanol–water partition coefficient (Wildman–Crippen LogP) is 2.93. The van der Waals surface area contributed by atoms with Crippen LogP contribution >= 0.6 is 0 Å². The van der Waals surface area contributed by atoms with Crippen molar-refractivity contribution < 1.29 is 22.0 Å². The van der Waals surface area contributed by atoms with E-state index in [1.807, 2.05) is 4.72 Å². The molecule has 0 atom stereocenters. The minimum Gasteiger partial charge on any atom is -0.345 e. The van der Waals surface area contributed by atoms with Gasteiger partial charge in [-0.05, 0) is 25.5 Å². The molecule has 0 aliphatic heterocycles. The molecule has 27 heavy (non-hydrogen) atoms. The highest BCUT2D eigenvalue weighted by molar-refractivity contribution is 7.92. The minimum absolute atomic E-state index is 0.00512. The summed E-state index contributed by atoms with van der Waals surface area (Å²) >= 11 is 0. The number of carbonyl (C=O) groups is 1. The van der Waals surface area contributed by atoms with Gasteiger partial charge >= 0.3 is 0 Å². The Hall–Kier alpha value is -2.88. The Labute approximate surface area is 153 Å². The number of halogens is 2. The number of nitrogens with zero attached hydrogens (tertiary/aromatic N) is 2. The molecule has 0 fully saturated rings. The lowest BCUT2D eigenvalue weighted by Gasteiger charge is -2.11. The Bertz CT molecular complexity index is 1140. The molecule has 0 saturated heterocycles. The maximum atomic E-state index is 14.8. The van der Waals surface area contributed by atoms with E-state index in [0.29, 0.717) is 23.1 Å². The van der Waals surface area contributed by atoms with Crippen LogP contribution in [-0.2, 0) is 10.0 Å². The molecule has 142 valence electrons. The van der Waals surface area contributed by atoms with E-state index in [1.54, 1.807) is 13.8 Å². The Morgan fingerprint density at radius 3 is 2.70 bits per heavy atom. The number of nitrogens with one attached hydrogen (secondary N) is 2. The van der Waals surface area contributed by atoms with Gasteiger partial charge in [0.15, 0.2) is 5.82 Å². The van der Waals surface area contributed by atoms with E-state index in [0.717, 1.165) is 12.1 Å². The van der Waals surface area contributed by atoms with Crippen LogP contribution in [-0.4, -0.2) is 34.9 Å². The quantitative estimate of drug-likeness (QED) is 0.626. The standard InChI is InChI=1S/C17H16F2N4O3S/c1-3-6-27(25,26)23-12-5-4-11(18)14(15(12)19)16(24)10-7-20-17-13(10)9(2)21-8-22-17/h4-5,7-8,23H,3,6H2,1-2H3,(H,20,21,22). The van der Waals surface area contributed by atoms with E-state index < -0.39 is 38.7 Å². The number of hydrogen-bond donors (Lipinski definition) is 2. The first-order chi connectivity index (χ1) is 12.7. The molecule has 0 unspecified atom stereocenters. The number of fused-ring (bicyclic) bond motifs is 1. The third kappa shape index (κ3) is 3.52. The summed E-state index contributed by atoms with van der Waals surface area (Å²) in [5.41, 5.74) is -0.525. The van der Waals surface area contributed by atoms with Crippen molar-refractivity contribution in [2.75, 3.05) is 10.5 Å². The van der Waals surface area contributed by atoms with Gasteiger partial charge in [-0.25, -0.2) is 27.2 Å². The fraction of sp³-hybridized carbons (Fsp3) is 0.235. The van der Waals surface area contributed by atoms with Gasteiger partial charge in [-0.1, -0.05) is 6.92 Å². The smallest absolute Gasteiger partial charge is 0.232 e. The summed E-state index contributed by atoms with van der Waals surface area (Å²) in [5.74, 6) is -3.54. The molecule has 3 rings (SSSR count). The zero-order chi connectivity index (χ0) is 19.8. The van der Waals surface area contributed by atoms with Gasteiger partial charge in [0.25, 0.3) is 0 Å². The molecule has 1 aromatic carbocycles. The molecule has 3 aromatic rings. The monoisotopic (exact) mass is 394 g/mol. The van der Waals surface area contributed by atoms with Crippen molar-refractivity contribution in [2.45, 2.75) is 20.3 Å². The van der Waals surface area contributed by atoms with Gasteiger partial charge in [0.2, 0.25) is 15.8 Å². The Kier molecular flexibility index (Phi) is 4.92. The van der Waals surface area contributed by atoms with Crippen molar-refractivity contribution in [2.24, 2.45) is 0 Å². The number of aryl methyl sites for hydroxylation is 1. The van der Waals surface area contributed by atoms with Gasteiger partial charge in [-0.2, -0.15) is 0 Å². The van der Waals surface area contributed by atoms with Crippen LogP contribution in [0.15, 0.2) is 24.7 Å². The maximum absolute atomic E-state index is 14.8. The second-order valence-corrected chi connectivity index (χ2v) is 7.76. The molecular weight excluding hydrogens is 378 g/mol. The number of sulfonamides is 1. The van der Waals surface area contributed by atoms with Gasteiger partial charge in [0, 0.05) is 6.20 Å². The second kappa shape index (κ2) is 7.03. The lowest BCUT2D eigenvalue weighted by Crippen LogP contribution is -2.18. The van der Waals surface area contributed by atoms with E-state index in [2.05, 4.69) is 15.0 Å². The van der Waals surface area contributed by atoms with Gasteiger partial charge in [0.1, 0.15) is 17.8 Å². The topological polar surface area (TPSA) is 105 Å². The fourth-order valence-corrected chi connectivity index (χ4v) is 3.89. The molecule has 2 N–H and O–H groups in total. The largest absolute Gasteiger partial charge is 0.345 e. The van der Waals surface area contributed by atoms with Crippen LogP contribution in [0.1, 0.15) is 35.0 Å². The molecule has 0 amide bonds. The number of benzene rings is 1. The number of aromatic nitrogens is 3. The highest BCUT2D eigenvalue weighted by Gasteiger charge is 2.26. The second-order valence-electron chi connectivity index (χ2n) is 5.92. The highest BCUT2D eigenvalue weighted by atomic mass is 32.2. The van der Waals surface area contributed by atoms with Crippen LogP contribution in [0, 0.1) is 18.6 Å². The highest BCUT2D eigenvalue weighted by Crippen LogP contribution is 2.28. The molecule has 0 aliphatic rings. The van der Waals surface area contributed by atoms with E-state index in [-0.39, 0.29) is 11.3 Å². The van der Waals surface area contributed by atoms with E-state index >= 15 is 0 Å². The normalized spacial score (nSPS) is 11.7. The molecule has 0 spiro atoms. The van der Waals surface area contributed by atoms with Crippen molar-refractivity contribution >= 4 is 32.5 Å². The summed E-state index contributed by atoms with van der Waals surface area (Å²) < 4.78 is 54.9. The van der Waals surface area contributed by atoms with Crippen LogP contribution in [0.5, 0.6) is 0 Å². The summed E-state index contributed by atoms with van der Waals surface area (Å²) in [5, 5.41) is 0.346.